The van der Waals surface area contributed by atoms with Gasteiger partial charge in [-0.15, -0.1) is 0 Å². The number of fused-ring (bicyclic) bond motifs is 1. The summed E-state index contributed by atoms with van der Waals surface area (Å²) >= 11 is 0. The monoisotopic (exact) mass is 218 g/mol. The van der Waals surface area contributed by atoms with Gasteiger partial charge in [0.2, 0.25) is 0 Å². The molecular weight excluding hydrogens is 196 g/mol. The van der Waals surface area contributed by atoms with Crippen molar-refractivity contribution < 1.29 is 0 Å². The number of nitrogens with one attached hydrogen (secondary N) is 1. The molecular formula is C14H22N2. The van der Waals surface area contributed by atoms with Crippen LogP contribution in [-0.4, -0.2) is 25.7 Å². The second kappa shape index (κ2) is 5.46. The molecule has 16 heavy (non-hydrogen) atoms. The summed E-state index contributed by atoms with van der Waals surface area (Å²) in [6.07, 6.45) is 5.29. The molecule has 0 amide bonds. The maximum absolute atomic E-state index is 3.18. The number of hydrogen-bond acceptors (Lipinski definition) is 2. The van der Waals surface area contributed by atoms with Crippen LogP contribution in [0.4, 0.5) is 0 Å². The predicted molar refractivity (Wildman–Crippen MR) is 68.5 cm³/mol. The number of benzene rings is 1. The summed E-state index contributed by atoms with van der Waals surface area (Å²) in [4.78, 5) is 2.30. The molecule has 0 saturated heterocycles. The van der Waals surface area contributed by atoms with Gasteiger partial charge >= 0.3 is 0 Å². The van der Waals surface area contributed by atoms with Crippen molar-refractivity contribution in [3.05, 3.63) is 34.9 Å². The molecule has 0 spiro atoms. The molecule has 0 heterocycles. The minimum atomic E-state index is 0.942. The van der Waals surface area contributed by atoms with Crippen molar-refractivity contribution in [1.29, 1.82) is 0 Å². The van der Waals surface area contributed by atoms with Crippen molar-refractivity contribution >= 4 is 0 Å². The lowest BCUT2D eigenvalue weighted by molar-refractivity contribution is 0.310. The molecule has 2 rings (SSSR count). The topological polar surface area (TPSA) is 15.3 Å². The summed E-state index contributed by atoms with van der Waals surface area (Å²) in [5, 5.41) is 3.18. The average Bonchev–Trinajstić information content (AvgIpc) is 2.29. The van der Waals surface area contributed by atoms with Gasteiger partial charge in [-0.25, -0.2) is 0 Å². The van der Waals surface area contributed by atoms with E-state index in [9.17, 15) is 0 Å². The Balaban J connectivity index is 2.05. The highest BCUT2D eigenvalue weighted by Gasteiger charge is 2.09. The molecule has 0 fully saturated rings. The van der Waals surface area contributed by atoms with E-state index in [4.69, 9.17) is 0 Å². The van der Waals surface area contributed by atoms with E-state index in [0.29, 0.717) is 0 Å². The predicted octanol–water partition coefficient (Wildman–Crippen LogP) is 2.17. The quantitative estimate of drug-likeness (QED) is 0.779. The second-order valence-electron chi connectivity index (χ2n) is 4.84. The van der Waals surface area contributed by atoms with E-state index in [1.54, 1.807) is 11.1 Å². The molecule has 0 unspecified atom stereocenters. The first-order valence-corrected chi connectivity index (χ1v) is 6.23. The van der Waals surface area contributed by atoms with Gasteiger partial charge < -0.3 is 5.32 Å². The zero-order valence-corrected chi connectivity index (χ0v) is 10.4. The first-order chi connectivity index (χ1) is 7.79. The van der Waals surface area contributed by atoms with Gasteiger partial charge in [0.15, 0.2) is 0 Å². The molecule has 0 atom stereocenters. The Kier molecular flexibility index (Phi) is 3.97. The Morgan fingerprint density at radius 2 is 1.94 bits per heavy atom. The average molecular weight is 218 g/mol. The van der Waals surface area contributed by atoms with Crippen molar-refractivity contribution in [1.82, 2.24) is 10.2 Å². The van der Waals surface area contributed by atoms with Crippen LogP contribution < -0.4 is 5.32 Å². The van der Waals surface area contributed by atoms with Crippen molar-refractivity contribution in [3.63, 3.8) is 0 Å². The number of rotatable bonds is 4. The van der Waals surface area contributed by atoms with Crippen LogP contribution >= 0.6 is 0 Å². The van der Waals surface area contributed by atoms with Gasteiger partial charge in [-0.1, -0.05) is 18.2 Å². The smallest absolute Gasteiger partial charge is 0.0478 e. The molecule has 0 aromatic heterocycles. The van der Waals surface area contributed by atoms with Crippen LogP contribution in [0.25, 0.3) is 0 Å². The van der Waals surface area contributed by atoms with Crippen molar-refractivity contribution in [2.75, 3.05) is 20.8 Å². The lowest BCUT2D eigenvalue weighted by atomic mass is 9.90. The van der Waals surface area contributed by atoms with Crippen molar-refractivity contribution in [2.24, 2.45) is 0 Å². The first kappa shape index (κ1) is 11.6. The third-order valence-corrected chi connectivity index (χ3v) is 3.29. The third kappa shape index (κ3) is 2.83. The highest BCUT2D eigenvalue weighted by molar-refractivity contribution is 5.33. The number of hydrogen-bond donors (Lipinski definition) is 1. The third-order valence-electron chi connectivity index (χ3n) is 3.29. The molecule has 2 heteroatoms. The molecule has 2 nitrogen and oxygen atoms in total. The van der Waals surface area contributed by atoms with E-state index in [0.717, 1.165) is 13.2 Å². The molecule has 1 aromatic rings. The normalized spacial score (nSPS) is 15.2. The number of aryl methyl sites for hydroxylation is 2. The molecule has 0 bridgehead atoms. The van der Waals surface area contributed by atoms with Crippen LogP contribution in [0, 0.1) is 0 Å². The minimum absolute atomic E-state index is 0.942. The first-order valence-electron chi connectivity index (χ1n) is 6.23. The van der Waals surface area contributed by atoms with Gasteiger partial charge in [-0.2, -0.15) is 0 Å². The fourth-order valence-corrected chi connectivity index (χ4v) is 2.52. The molecule has 0 radical (unpaired) electrons. The fraction of sp³-hybridized carbons (Fsp3) is 0.571. The van der Waals surface area contributed by atoms with Gasteiger partial charge in [-0.3, -0.25) is 4.90 Å². The Bertz CT molecular complexity index is 347. The van der Waals surface area contributed by atoms with Crippen molar-refractivity contribution in [3.8, 4) is 0 Å². The second-order valence-corrected chi connectivity index (χ2v) is 4.84. The highest BCUT2D eigenvalue weighted by Crippen LogP contribution is 2.22. The molecule has 0 aliphatic heterocycles. The zero-order valence-electron chi connectivity index (χ0n) is 10.4. The van der Waals surface area contributed by atoms with Crippen LogP contribution in [0.2, 0.25) is 0 Å². The van der Waals surface area contributed by atoms with Crippen molar-refractivity contribution in [2.45, 2.75) is 32.2 Å². The molecule has 1 aliphatic carbocycles. The van der Waals surface area contributed by atoms with E-state index in [-0.39, 0.29) is 0 Å². The lowest BCUT2D eigenvalue weighted by Gasteiger charge is -2.19. The minimum Gasteiger partial charge on any atom is -0.307 e. The summed E-state index contributed by atoms with van der Waals surface area (Å²) in [7, 11) is 4.14. The zero-order chi connectivity index (χ0) is 11.4. The Morgan fingerprint density at radius 3 is 2.69 bits per heavy atom. The lowest BCUT2D eigenvalue weighted by Crippen LogP contribution is -2.28. The van der Waals surface area contributed by atoms with E-state index >= 15 is 0 Å². The Hall–Kier alpha value is -0.860. The van der Waals surface area contributed by atoms with E-state index in [1.807, 2.05) is 7.05 Å². The molecule has 1 aromatic carbocycles. The maximum Gasteiger partial charge on any atom is 0.0478 e. The summed E-state index contributed by atoms with van der Waals surface area (Å²) in [5.41, 5.74) is 4.60. The van der Waals surface area contributed by atoms with Gasteiger partial charge in [0.05, 0.1) is 0 Å². The van der Waals surface area contributed by atoms with E-state index in [1.165, 1.54) is 31.2 Å². The van der Waals surface area contributed by atoms with Gasteiger partial charge in [0.25, 0.3) is 0 Å². The van der Waals surface area contributed by atoms with Gasteiger partial charge in [-0.05, 0) is 56.5 Å². The summed E-state index contributed by atoms with van der Waals surface area (Å²) in [6.45, 7) is 1.98. The van der Waals surface area contributed by atoms with Crippen LogP contribution in [0.1, 0.15) is 29.5 Å². The largest absolute Gasteiger partial charge is 0.307 e. The summed E-state index contributed by atoms with van der Waals surface area (Å²) in [6, 6.07) is 7.02. The molecule has 1 aliphatic rings. The van der Waals surface area contributed by atoms with Gasteiger partial charge in [0.1, 0.15) is 0 Å². The molecule has 1 N–H and O–H groups in total. The van der Waals surface area contributed by atoms with Crippen LogP contribution in [-0.2, 0) is 19.4 Å². The van der Waals surface area contributed by atoms with Crippen LogP contribution in [0.15, 0.2) is 18.2 Å². The molecule has 88 valence electrons. The van der Waals surface area contributed by atoms with E-state index in [2.05, 4.69) is 35.5 Å². The fourth-order valence-electron chi connectivity index (χ4n) is 2.52. The SMILES string of the molecule is CNCN(C)Cc1ccc2c(c1)CCCC2. The Labute approximate surface area is 98.7 Å². The standard InChI is InChI=1S/C14H22N2/c1-15-11-16(2)10-12-7-8-13-5-3-4-6-14(13)9-12/h7-9,15H,3-6,10-11H2,1-2H3. The molecule has 0 saturated carbocycles. The van der Waals surface area contributed by atoms with E-state index < -0.39 is 0 Å². The summed E-state index contributed by atoms with van der Waals surface area (Å²) in [5.74, 6) is 0. The maximum atomic E-state index is 3.18. The van der Waals surface area contributed by atoms with Crippen LogP contribution in [0.5, 0.6) is 0 Å². The van der Waals surface area contributed by atoms with Crippen LogP contribution in [0.3, 0.4) is 0 Å². The summed E-state index contributed by atoms with van der Waals surface area (Å²) < 4.78 is 0. The number of nitrogens with zero attached hydrogens (tertiary/aromatic N) is 1. The Morgan fingerprint density at radius 1 is 1.19 bits per heavy atom. The van der Waals surface area contributed by atoms with Gasteiger partial charge in [0, 0.05) is 13.2 Å². The highest BCUT2D eigenvalue weighted by atomic mass is 15.2.